The predicted molar refractivity (Wildman–Crippen MR) is 101 cm³/mol. The summed E-state index contributed by atoms with van der Waals surface area (Å²) in [7, 11) is 0. The standard InChI is InChI=1S/C22H17FN2O/c1-2-21-24-20-6-4-3-5-19(20)22(25-21)15-7-11-17(12-8-15)26-18-13-9-16(23)10-14-18/h3-14H,2H2,1H3. The smallest absolute Gasteiger partial charge is 0.129 e. The first-order chi connectivity index (χ1) is 12.7. The fourth-order valence-electron chi connectivity index (χ4n) is 2.82. The van der Waals surface area contributed by atoms with Crippen molar-refractivity contribution in [1.29, 1.82) is 0 Å². The molecule has 0 aliphatic rings. The Morgan fingerprint density at radius 3 is 2.15 bits per heavy atom. The molecule has 3 aromatic carbocycles. The molecule has 3 nitrogen and oxygen atoms in total. The van der Waals surface area contributed by atoms with Crippen LogP contribution < -0.4 is 4.74 Å². The molecule has 0 saturated carbocycles. The number of aryl methyl sites for hydroxylation is 1. The highest BCUT2D eigenvalue weighted by atomic mass is 19.1. The highest BCUT2D eigenvalue weighted by Gasteiger charge is 2.09. The van der Waals surface area contributed by atoms with Crippen LogP contribution in [0.15, 0.2) is 72.8 Å². The van der Waals surface area contributed by atoms with Gasteiger partial charge in [0.2, 0.25) is 0 Å². The summed E-state index contributed by atoms with van der Waals surface area (Å²) in [6.07, 6.45) is 0.781. The molecule has 0 radical (unpaired) electrons. The van der Waals surface area contributed by atoms with Crippen molar-refractivity contribution in [1.82, 2.24) is 9.97 Å². The van der Waals surface area contributed by atoms with E-state index < -0.39 is 0 Å². The minimum atomic E-state index is -0.282. The molecule has 4 heteroatoms. The second kappa shape index (κ2) is 6.92. The first-order valence-corrected chi connectivity index (χ1v) is 8.52. The minimum Gasteiger partial charge on any atom is -0.457 e. The van der Waals surface area contributed by atoms with Gasteiger partial charge in [0.05, 0.1) is 11.2 Å². The molecular weight excluding hydrogens is 327 g/mol. The Labute approximate surface area is 151 Å². The lowest BCUT2D eigenvalue weighted by Gasteiger charge is -2.10. The summed E-state index contributed by atoms with van der Waals surface area (Å²) in [6.45, 7) is 2.05. The zero-order chi connectivity index (χ0) is 17.9. The van der Waals surface area contributed by atoms with Crippen molar-refractivity contribution >= 4 is 10.9 Å². The molecule has 0 spiro atoms. The Morgan fingerprint density at radius 1 is 0.808 bits per heavy atom. The van der Waals surface area contributed by atoms with Crippen LogP contribution in [0.25, 0.3) is 22.2 Å². The number of halogens is 1. The number of aromatic nitrogens is 2. The highest BCUT2D eigenvalue weighted by molar-refractivity contribution is 5.92. The average molecular weight is 344 g/mol. The van der Waals surface area contributed by atoms with E-state index in [2.05, 4.69) is 4.98 Å². The van der Waals surface area contributed by atoms with Gasteiger partial charge in [0.25, 0.3) is 0 Å². The maximum atomic E-state index is 13.0. The van der Waals surface area contributed by atoms with Gasteiger partial charge < -0.3 is 4.74 Å². The Hall–Kier alpha value is -3.27. The fourth-order valence-corrected chi connectivity index (χ4v) is 2.82. The molecule has 0 saturated heterocycles. The van der Waals surface area contributed by atoms with E-state index in [1.165, 1.54) is 12.1 Å². The average Bonchev–Trinajstić information content (AvgIpc) is 2.69. The van der Waals surface area contributed by atoms with E-state index in [4.69, 9.17) is 9.72 Å². The molecule has 0 unspecified atom stereocenters. The maximum absolute atomic E-state index is 13.0. The highest BCUT2D eigenvalue weighted by Crippen LogP contribution is 2.29. The number of ether oxygens (including phenoxy) is 1. The number of para-hydroxylation sites is 1. The summed E-state index contributed by atoms with van der Waals surface area (Å²) >= 11 is 0. The van der Waals surface area contributed by atoms with Crippen molar-refractivity contribution in [3.63, 3.8) is 0 Å². The van der Waals surface area contributed by atoms with Crippen LogP contribution in [0.5, 0.6) is 11.5 Å². The molecule has 128 valence electrons. The van der Waals surface area contributed by atoms with Crippen molar-refractivity contribution < 1.29 is 9.13 Å². The van der Waals surface area contributed by atoms with Crippen LogP contribution >= 0.6 is 0 Å². The Kier molecular flexibility index (Phi) is 4.32. The quantitative estimate of drug-likeness (QED) is 0.470. The van der Waals surface area contributed by atoms with E-state index in [1.54, 1.807) is 12.1 Å². The number of fused-ring (bicyclic) bond motifs is 1. The van der Waals surface area contributed by atoms with Crippen molar-refractivity contribution in [3.05, 3.63) is 84.4 Å². The van der Waals surface area contributed by atoms with Crippen LogP contribution in [0.1, 0.15) is 12.7 Å². The molecule has 0 aliphatic carbocycles. The lowest BCUT2D eigenvalue weighted by molar-refractivity contribution is 0.480. The third-order valence-electron chi connectivity index (χ3n) is 4.14. The van der Waals surface area contributed by atoms with Crippen molar-refractivity contribution in [3.8, 4) is 22.8 Å². The summed E-state index contributed by atoms with van der Waals surface area (Å²) in [4.78, 5) is 9.31. The van der Waals surface area contributed by atoms with E-state index in [1.807, 2.05) is 55.5 Å². The van der Waals surface area contributed by atoms with E-state index in [-0.39, 0.29) is 5.82 Å². The van der Waals surface area contributed by atoms with Crippen LogP contribution in [-0.4, -0.2) is 9.97 Å². The van der Waals surface area contributed by atoms with Gasteiger partial charge in [0.1, 0.15) is 23.1 Å². The topological polar surface area (TPSA) is 35.0 Å². The summed E-state index contributed by atoms with van der Waals surface area (Å²) in [6, 6.07) is 21.7. The second-order valence-corrected chi connectivity index (χ2v) is 5.94. The molecule has 26 heavy (non-hydrogen) atoms. The Bertz CT molecular complexity index is 1040. The fraction of sp³-hybridized carbons (Fsp3) is 0.0909. The van der Waals surface area contributed by atoms with Gasteiger partial charge >= 0.3 is 0 Å². The summed E-state index contributed by atoms with van der Waals surface area (Å²) < 4.78 is 18.7. The van der Waals surface area contributed by atoms with Crippen LogP contribution in [-0.2, 0) is 6.42 Å². The van der Waals surface area contributed by atoms with Gasteiger partial charge in [-0.1, -0.05) is 25.1 Å². The minimum absolute atomic E-state index is 0.282. The lowest BCUT2D eigenvalue weighted by Crippen LogP contribution is -1.97. The maximum Gasteiger partial charge on any atom is 0.129 e. The number of rotatable bonds is 4. The van der Waals surface area contributed by atoms with Crippen LogP contribution in [0, 0.1) is 5.82 Å². The van der Waals surface area contributed by atoms with Gasteiger partial charge in [-0.15, -0.1) is 0 Å². The molecule has 4 aromatic rings. The van der Waals surface area contributed by atoms with Crippen molar-refractivity contribution in [2.24, 2.45) is 0 Å². The molecule has 0 bridgehead atoms. The zero-order valence-corrected chi connectivity index (χ0v) is 14.3. The molecular formula is C22H17FN2O. The van der Waals surface area contributed by atoms with E-state index >= 15 is 0 Å². The van der Waals surface area contributed by atoms with Crippen molar-refractivity contribution in [2.75, 3.05) is 0 Å². The predicted octanol–water partition coefficient (Wildman–Crippen LogP) is 5.79. The van der Waals surface area contributed by atoms with Gasteiger partial charge in [-0.05, 0) is 54.6 Å². The Balaban J connectivity index is 1.68. The van der Waals surface area contributed by atoms with Gasteiger partial charge in [-0.25, -0.2) is 14.4 Å². The van der Waals surface area contributed by atoms with Gasteiger partial charge in [-0.3, -0.25) is 0 Å². The zero-order valence-electron chi connectivity index (χ0n) is 14.3. The monoisotopic (exact) mass is 344 g/mol. The van der Waals surface area contributed by atoms with Crippen molar-refractivity contribution in [2.45, 2.75) is 13.3 Å². The van der Waals surface area contributed by atoms with Crippen LogP contribution in [0.4, 0.5) is 4.39 Å². The SMILES string of the molecule is CCc1nc(-c2ccc(Oc3ccc(F)cc3)cc2)c2ccccc2n1. The molecule has 0 amide bonds. The van der Waals surface area contributed by atoms with Gasteiger partial charge in [-0.2, -0.15) is 0 Å². The third-order valence-corrected chi connectivity index (χ3v) is 4.14. The largest absolute Gasteiger partial charge is 0.457 e. The molecule has 0 N–H and O–H groups in total. The second-order valence-electron chi connectivity index (χ2n) is 5.94. The molecule has 1 heterocycles. The summed E-state index contributed by atoms with van der Waals surface area (Å²) in [5.74, 6) is 1.83. The first-order valence-electron chi connectivity index (χ1n) is 8.52. The van der Waals surface area contributed by atoms with Crippen LogP contribution in [0.3, 0.4) is 0 Å². The summed E-state index contributed by atoms with van der Waals surface area (Å²) in [5, 5.41) is 1.02. The van der Waals surface area contributed by atoms with Gasteiger partial charge in [0.15, 0.2) is 0 Å². The summed E-state index contributed by atoms with van der Waals surface area (Å²) in [5.41, 5.74) is 2.87. The number of hydrogen-bond acceptors (Lipinski definition) is 3. The molecule has 1 aromatic heterocycles. The normalized spacial score (nSPS) is 10.8. The van der Waals surface area contributed by atoms with E-state index in [9.17, 15) is 4.39 Å². The molecule has 4 rings (SSSR count). The molecule has 0 atom stereocenters. The number of nitrogens with zero attached hydrogens (tertiary/aromatic N) is 2. The van der Waals surface area contributed by atoms with E-state index in [0.717, 1.165) is 34.4 Å². The molecule has 0 aliphatic heterocycles. The first kappa shape index (κ1) is 16.2. The number of benzene rings is 3. The van der Waals surface area contributed by atoms with E-state index in [0.29, 0.717) is 11.5 Å². The molecule has 0 fully saturated rings. The van der Waals surface area contributed by atoms with Crippen LogP contribution in [0.2, 0.25) is 0 Å². The Morgan fingerprint density at radius 2 is 1.46 bits per heavy atom. The van der Waals surface area contributed by atoms with Gasteiger partial charge in [0, 0.05) is 17.4 Å². The lowest BCUT2D eigenvalue weighted by atomic mass is 10.1. The third kappa shape index (κ3) is 3.26. The number of hydrogen-bond donors (Lipinski definition) is 0.